The molecule has 0 unspecified atom stereocenters. The Labute approximate surface area is 93.0 Å². The SMILES string of the molecule is CCC(C)(CC)NC(=O)[C@H]1CCCNC1. The summed E-state index contributed by atoms with van der Waals surface area (Å²) in [6, 6.07) is 0. The molecular formula is C12H24N2O. The lowest BCUT2D eigenvalue weighted by molar-refractivity contribution is -0.127. The van der Waals surface area contributed by atoms with Gasteiger partial charge in [-0.05, 0) is 39.2 Å². The summed E-state index contributed by atoms with van der Waals surface area (Å²) in [7, 11) is 0. The Morgan fingerprint density at radius 2 is 2.13 bits per heavy atom. The standard InChI is InChI=1S/C12H24N2O/c1-4-12(3,5-2)14-11(15)10-7-6-8-13-9-10/h10,13H,4-9H2,1-3H3,(H,14,15)/t10-/m0/s1. The summed E-state index contributed by atoms with van der Waals surface area (Å²) in [5.41, 5.74) is -0.0193. The van der Waals surface area contributed by atoms with Gasteiger partial charge in [-0.3, -0.25) is 4.79 Å². The zero-order valence-electron chi connectivity index (χ0n) is 10.2. The number of carbonyl (C=O) groups excluding carboxylic acids is 1. The summed E-state index contributed by atoms with van der Waals surface area (Å²) < 4.78 is 0. The van der Waals surface area contributed by atoms with E-state index in [2.05, 4.69) is 31.4 Å². The maximum Gasteiger partial charge on any atom is 0.224 e. The number of hydrogen-bond acceptors (Lipinski definition) is 2. The molecular weight excluding hydrogens is 188 g/mol. The fourth-order valence-electron chi connectivity index (χ4n) is 1.90. The number of amides is 1. The van der Waals surface area contributed by atoms with Gasteiger partial charge in [-0.2, -0.15) is 0 Å². The highest BCUT2D eigenvalue weighted by molar-refractivity contribution is 5.79. The van der Waals surface area contributed by atoms with Crippen LogP contribution in [-0.4, -0.2) is 24.5 Å². The number of rotatable bonds is 4. The van der Waals surface area contributed by atoms with Crippen molar-refractivity contribution in [3.63, 3.8) is 0 Å². The first kappa shape index (κ1) is 12.5. The van der Waals surface area contributed by atoms with Crippen molar-refractivity contribution < 1.29 is 4.79 Å². The van der Waals surface area contributed by atoms with E-state index < -0.39 is 0 Å². The maximum absolute atomic E-state index is 12.0. The van der Waals surface area contributed by atoms with E-state index in [4.69, 9.17) is 0 Å². The Kier molecular flexibility index (Phi) is 4.58. The van der Waals surface area contributed by atoms with Gasteiger partial charge in [0.05, 0.1) is 5.92 Å². The molecule has 1 atom stereocenters. The van der Waals surface area contributed by atoms with Crippen LogP contribution >= 0.6 is 0 Å². The third kappa shape index (κ3) is 3.49. The van der Waals surface area contributed by atoms with Crippen molar-refractivity contribution in [2.24, 2.45) is 5.92 Å². The van der Waals surface area contributed by atoms with Gasteiger partial charge in [0.15, 0.2) is 0 Å². The van der Waals surface area contributed by atoms with E-state index in [9.17, 15) is 4.79 Å². The topological polar surface area (TPSA) is 41.1 Å². The molecule has 1 aliphatic heterocycles. The third-order valence-electron chi connectivity index (χ3n) is 3.65. The van der Waals surface area contributed by atoms with Crippen molar-refractivity contribution in [3.05, 3.63) is 0 Å². The lowest BCUT2D eigenvalue weighted by Gasteiger charge is -2.31. The summed E-state index contributed by atoms with van der Waals surface area (Å²) in [5.74, 6) is 0.407. The van der Waals surface area contributed by atoms with Gasteiger partial charge < -0.3 is 10.6 Å². The molecule has 0 aromatic rings. The molecule has 1 aliphatic rings. The molecule has 1 saturated heterocycles. The Morgan fingerprint density at radius 3 is 2.60 bits per heavy atom. The zero-order valence-corrected chi connectivity index (χ0v) is 10.2. The van der Waals surface area contributed by atoms with Crippen molar-refractivity contribution in [1.29, 1.82) is 0 Å². The molecule has 1 fully saturated rings. The highest BCUT2D eigenvalue weighted by atomic mass is 16.2. The van der Waals surface area contributed by atoms with E-state index in [1.165, 1.54) is 0 Å². The normalized spacial score (nSPS) is 22.5. The van der Waals surface area contributed by atoms with Crippen molar-refractivity contribution >= 4 is 5.91 Å². The lowest BCUT2D eigenvalue weighted by Crippen LogP contribution is -2.50. The van der Waals surface area contributed by atoms with Gasteiger partial charge in [0.25, 0.3) is 0 Å². The van der Waals surface area contributed by atoms with Gasteiger partial charge in [0.1, 0.15) is 0 Å². The number of carbonyl (C=O) groups is 1. The van der Waals surface area contributed by atoms with Crippen LogP contribution in [0.1, 0.15) is 46.5 Å². The van der Waals surface area contributed by atoms with Crippen molar-refractivity contribution in [2.75, 3.05) is 13.1 Å². The molecule has 0 aromatic heterocycles. The largest absolute Gasteiger partial charge is 0.351 e. The van der Waals surface area contributed by atoms with Gasteiger partial charge >= 0.3 is 0 Å². The molecule has 1 amide bonds. The van der Waals surface area contributed by atoms with Crippen molar-refractivity contribution in [3.8, 4) is 0 Å². The van der Waals surface area contributed by atoms with E-state index >= 15 is 0 Å². The van der Waals surface area contributed by atoms with Gasteiger partial charge in [-0.1, -0.05) is 13.8 Å². The van der Waals surface area contributed by atoms with E-state index in [1.54, 1.807) is 0 Å². The Bertz CT molecular complexity index is 206. The predicted octanol–water partition coefficient (Wildman–Crippen LogP) is 1.68. The number of nitrogens with one attached hydrogen (secondary N) is 2. The second kappa shape index (κ2) is 5.50. The fourth-order valence-corrected chi connectivity index (χ4v) is 1.90. The molecule has 0 aliphatic carbocycles. The molecule has 0 saturated carbocycles. The predicted molar refractivity (Wildman–Crippen MR) is 62.7 cm³/mol. The first-order valence-electron chi connectivity index (χ1n) is 6.14. The average Bonchev–Trinajstić information content (AvgIpc) is 2.30. The quantitative estimate of drug-likeness (QED) is 0.744. The fraction of sp³-hybridized carbons (Fsp3) is 0.917. The zero-order chi connectivity index (χ0) is 11.3. The van der Waals surface area contributed by atoms with E-state index in [1.807, 2.05) is 0 Å². The molecule has 3 nitrogen and oxygen atoms in total. The van der Waals surface area contributed by atoms with Crippen LogP contribution in [0.25, 0.3) is 0 Å². The maximum atomic E-state index is 12.0. The lowest BCUT2D eigenvalue weighted by atomic mass is 9.92. The van der Waals surface area contributed by atoms with Crippen LogP contribution in [0.5, 0.6) is 0 Å². The summed E-state index contributed by atoms with van der Waals surface area (Å²) in [4.78, 5) is 12.0. The highest BCUT2D eigenvalue weighted by Crippen LogP contribution is 2.17. The summed E-state index contributed by atoms with van der Waals surface area (Å²) in [6.07, 6.45) is 4.14. The Balaban J connectivity index is 2.46. The van der Waals surface area contributed by atoms with Crippen molar-refractivity contribution in [2.45, 2.75) is 52.0 Å². The average molecular weight is 212 g/mol. The third-order valence-corrected chi connectivity index (χ3v) is 3.65. The molecule has 1 heterocycles. The van der Waals surface area contributed by atoms with Crippen LogP contribution < -0.4 is 10.6 Å². The van der Waals surface area contributed by atoms with Crippen LogP contribution in [-0.2, 0) is 4.79 Å². The summed E-state index contributed by atoms with van der Waals surface area (Å²) >= 11 is 0. The minimum Gasteiger partial charge on any atom is -0.351 e. The van der Waals surface area contributed by atoms with Crippen LogP contribution in [0.2, 0.25) is 0 Å². The van der Waals surface area contributed by atoms with Crippen LogP contribution in [0.15, 0.2) is 0 Å². The molecule has 2 N–H and O–H groups in total. The Morgan fingerprint density at radius 1 is 1.47 bits per heavy atom. The van der Waals surface area contributed by atoms with E-state index in [-0.39, 0.29) is 17.4 Å². The molecule has 1 rings (SSSR count). The minimum atomic E-state index is -0.0193. The van der Waals surface area contributed by atoms with Gasteiger partial charge in [0, 0.05) is 12.1 Å². The van der Waals surface area contributed by atoms with E-state index in [0.29, 0.717) is 0 Å². The van der Waals surface area contributed by atoms with Crippen molar-refractivity contribution in [1.82, 2.24) is 10.6 Å². The van der Waals surface area contributed by atoms with Gasteiger partial charge in [0.2, 0.25) is 5.91 Å². The van der Waals surface area contributed by atoms with Crippen LogP contribution in [0.3, 0.4) is 0 Å². The number of piperidine rings is 1. The second-order valence-corrected chi connectivity index (χ2v) is 4.80. The highest BCUT2D eigenvalue weighted by Gasteiger charge is 2.27. The first-order chi connectivity index (χ1) is 7.11. The Hall–Kier alpha value is -0.570. The second-order valence-electron chi connectivity index (χ2n) is 4.80. The van der Waals surface area contributed by atoms with Crippen LogP contribution in [0.4, 0.5) is 0 Å². The molecule has 0 aromatic carbocycles. The number of hydrogen-bond donors (Lipinski definition) is 2. The molecule has 0 radical (unpaired) electrons. The molecule has 0 bridgehead atoms. The molecule has 15 heavy (non-hydrogen) atoms. The summed E-state index contributed by atoms with van der Waals surface area (Å²) in [5, 5.41) is 6.46. The monoisotopic (exact) mass is 212 g/mol. The van der Waals surface area contributed by atoms with E-state index in [0.717, 1.165) is 38.8 Å². The smallest absolute Gasteiger partial charge is 0.224 e. The van der Waals surface area contributed by atoms with Crippen LogP contribution in [0, 0.1) is 5.92 Å². The van der Waals surface area contributed by atoms with Gasteiger partial charge in [-0.15, -0.1) is 0 Å². The molecule has 3 heteroatoms. The van der Waals surface area contributed by atoms with Gasteiger partial charge in [-0.25, -0.2) is 0 Å². The minimum absolute atomic E-state index is 0.0193. The molecule has 0 spiro atoms. The molecule has 88 valence electrons. The summed E-state index contributed by atoms with van der Waals surface area (Å²) in [6.45, 7) is 8.28. The first-order valence-corrected chi connectivity index (χ1v) is 6.14.